The van der Waals surface area contributed by atoms with Crippen molar-refractivity contribution in [2.24, 2.45) is 0 Å². The van der Waals surface area contributed by atoms with Crippen LogP contribution >= 0.6 is 11.8 Å². The van der Waals surface area contributed by atoms with Gasteiger partial charge >= 0.3 is 0 Å². The third-order valence-electron chi connectivity index (χ3n) is 3.74. The molecule has 26 heavy (non-hydrogen) atoms. The van der Waals surface area contributed by atoms with Crippen LogP contribution in [0.1, 0.15) is 12.5 Å². The molecule has 134 valence electrons. The number of halogens is 1. The molecule has 0 saturated heterocycles. The maximum Gasteiger partial charge on any atom is 0.192 e. The van der Waals surface area contributed by atoms with Crippen LogP contribution in [0.4, 0.5) is 4.39 Å². The van der Waals surface area contributed by atoms with E-state index in [2.05, 4.69) is 16.8 Å². The van der Waals surface area contributed by atoms with Gasteiger partial charge in [-0.2, -0.15) is 0 Å². The zero-order chi connectivity index (χ0) is 18.4. The molecule has 0 aliphatic rings. The fraction of sp³-hybridized carbons (Fsp3) is 0.200. The Labute approximate surface area is 156 Å². The number of allylic oxidation sites excluding steroid dienone is 1. The fourth-order valence-corrected chi connectivity index (χ4v) is 3.45. The zero-order valence-electron chi connectivity index (χ0n) is 14.6. The molecular formula is C20H20FN3OS. The minimum absolute atomic E-state index is 0.233. The SMILES string of the molecule is C=CCn1c(SCc2ccc(F)cc2)nnc1-c1ccccc1OCC. The highest BCUT2D eigenvalue weighted by molar-refractivity contribution is 7.98. The number of hydrogen-bond acceptors (Lipinski definition) is 4. The van der Waals surface area contributed by atoms with Gasteiger partial charge in [-0.1, -0.05) is 42.1 Å². The summed E-state index contributed by atoms with van der Waals surface area (Å²) in [7, 11) is 0. The summed E-state index contributed by atoms with van der Waals surface area (Å²) in [5.41, 5.74) is 1.93. The molecule has 4 nitrogen and oxygen atoms in total. The Balaban J connectivity index is 1.89. The van der Waals surface area contributed by atoms with Crippen LogP contribution in [-0.2, 0) is 12.3 Å². The summed E-state index contributed by atoms with van der Waals surface area (Å²) in [6, 6.07) is 14.3. The molecule has 0 spiro atoms. The third-order valence-corrected chi connectivity index (χ3v) is 4.78. The van der Waals surface area contributed by atoms with E-state index >= 15 is 0 Å². The van der Waals surface area contributed by atoms with Crippen LogP contribution in [0.15, 0.2) is 66.3 Å². The molecule has 3 rings (SSSR count). The monoisotopic (exact) mass is 369 g/mol. The van der Waals surface area contributed by atoms with Crippen LogP contribution in [0.5, 0.6) is 5.75 Å². The molecule has 1 heterocycles. The summed E-state index contributed by atoms with van der Waals surface area (Å²) >= 11 is 1.56. The second kappa shape index (κ2) is 8.67. The molecule has 3 aromatic rings. The molecular weight excluding hydrogens is 349 g/mol. The van der Waals surface area contributed by atoms with Gasteiger partial charge in [0.2, 0.25) is 0 Å². The average molecular weight is 369 g/mol. The van der Waals surface area contributed by atoms with E-state index < -0.39 is 0 Å². The van der Waals surface area contributed by atoms with Crippen molar-refractivity contribution in [2.75, 3.05) is 6.61 Å². The average Bonchev–Trinajstić information content (AvgIpc) is 3.05. The maximum absolute atomic E-state index is 13.0. The van der Waals surface area contributed by atoms with Crippen molar-refractivity contribution in [3.63, 3.8) is 0 Å². The Kier molecular flexibility index (Phi) is 6.07. The van der Waals surface area contributed by atoms with Crippen LogP contribution < -0.4 is 4.74 Å². The number of thioether (sulfide) groups is 1. The van der Waals surface area contributed by atoms with Crippen LogP contribution in [-0.4, -0.2) is 21.4 Å². The lowest BCUT2D eigenvalue weighted by Crippen LogP contribution is -2.02. The minimum Gasteiger partial charge on any atom is -0.493 e. The van der Waals surface area contributed by atoms with Crippen LogP contribution in [0.2, 0.25) is 0 Å². The lowest BCUT2D eigenvalue weighted by molar-refractivity contribution is 0.341. The van der Waals surface area contributed by atoms with Crippen molar-refractivity contribution in [2.45, 2.75) is 24.4 Å². The first kappa shape index (κ1) is 18.2. The predicted molar refractivity (Wildman–Crippen MR) is 103 cm³/mol. The van der Waals surface area contributed by atoms with E-state index in [1.807, 2.05) is 41.8 Å². The Bertz CT molecular complexity index is 877. The lowest BCUT2D eigenvalue weighted by Gasteiger charge is -2.11. The number of benzene rings is 2. The molecule has 0 unspecified atom stereocenters. The zero-order valence-corrected chi connectivity index (χ0v) is 15.4. The predicted octanol–water partition coefficient (Wildman–Crippen LogP) is 4.96. The van der Waals surface area contributed by atoms with Crippen molar-refractivity contribution in [3.8, 4) is 17.1 Å². The van der Waals surface area contributed by atoms with Gasteiger partial charge in [-0.15, -0.1) is 16.8 Å². The van der Waals surface area contributed by atoms with Gasteiger partial charge in [-0.25, -0.2) is 4.39 Å². The van der Waals surface area contributed by atoms with Crippen LogP contribution in [0.25, 0.3) is 11.4 Å². The van der Waals surface area contributed by atoms with E-state index in [9.17, 15) is 4.39 Å². The summed E-state index contributed by atoms with van der Waals surface area (Å²) in [4.78, 5) is 0. The standard InChI is InChI=1S/C20H20FN3OS/c1-3-13-24-19(17-7-5-6-8-18(17)25-4-2)22-23-20(24)26-14-15-9-11-16(21)12-10-15/h3,5-12H,1,4,13-14H2,2H3. The number of aromatic nitrogens is 3. The molecule has 1 aromatic heterocycles. The van der Waals surface area contributed by atoms with Crippen molar-refractivity contribution >= 4 is 11.8 Å². The number of para-hydroxylation sites is 1. The highest BCUT2D eigenvalue weighted by atomic mass is 32.2. The molecule has 0 saturated carbocycles. The number of rotatable bonds is 8. The smallest absolute Gasteiger partial charge is 0.192 e. The van der Waals surface area contributed by atoms with E-state index in [0.29, 0.717) is 18.9 Å². The van der Waals surface area contributed by atoms with Crippen LogP contribution in [0.3, 0.4) is 0 Å². The number of ether oxygens (including phenoxy) is 1. The van der Waals surface area contributed by atoms with Crippen LogP contribution in [0, 0.1) is 5.82 Å². The molecule has 0 bridgehead atoms. The molecule has 0 atom stereocenters. The summed E-state index contributed by atoms with van der Waals surface area (Å²) in [5.74, 6) is 1.98. The largest absolute Gasteiger partial charge is 0.493 e. The first-order valence-electron chi connectivity index (χ1n) is 8.36. The highest BCUT2D eigenvalue weighted by Crippen LogP contribution is 2.32. The molecule has 0 fully saturated rings. The molecule has 2 aromatic carbocycles. The van der Waals surface area contributed by atoms with Gasteiger partial charge in [-0.3, -0.25) is 4.57 Å². The summed E-state index contributed by atoms with van der Waals surface area (Å²) < 4.78 is 20.8. The number of hydrogen-bond donors (Lipinski definition) is 0. The summed E-state index contributed by atoms with van der Waals surface area (Å²) in [5, 5.41) is 9.51. The van der Waals surface area contributed by atoms with Gasteiger partial charge in [0.05, 0.1) is 12.2 Å². The molecule has 0 aliphatic heterocycles. The van der Waals surface area contributed by atoms with Gasteiger partial charge < -0.3 is 4.74 Å². The van der Waals surface area contributed by atoms with Gasteiger partial charge in [0, 0.05) is 12.3 Å². The second-order valence-electron chi connectivity index (χ2n) is 5.55. The van der Waals surface area contributed by atoms with Crippen molar-refractivity contribution in [3.05, 3.63) is 72.6 Å². The molecule has 0 aliphatic carbocycles. The molecule has 0 N–H and O–H groups in total. The highest BCUT2D eigenvalue weighted by Gasteiger charge is 2.17. The van der Waals surface area contributed by atoms with Crippen molar-refractivity contribution in [1.29, 1.82) is 0 Å². The fourth-order valence-electron chi connectivity index (χ4n) is 2.55. The first-order chi connectivity index (χ1) is 12.7. The van der Waals surface area contributed by atoms with E-state index in [1.165, 1.54) is 12.1 Å². The van der Waals surface area contributed by atoms with Crippen molar-refractivity contribution in [1.82, 2.24) is 14.8 Å². The second-order valence-corrected chi connectivity index (χ2v) is 6.49. The van der Waals surface area contributed by atoms with E-state index in [4.69, 9.17) is 4.74 Å². The van der Waals surface area contributed by atoms with Gasteiger partial charge in [-0.05, 0) is 36.8 Å². The van der Waals surface area contributed by atoms with Crippen molar-refractivity contribution < 1.29 is 9.13 Å². The molecule has 6 heteroatoms. The summed E-state index contributed by atoms with van der Waals surface area (Å²) in [6.07, 6.45) is 1.82. The van der Waals surface area contributed by atoms with E-state index in [1.54, 1.807) is 23.9 Å². The Morgan fingerprint density at radius 1 is 1.15 bits per heavy atom. The van der Waals surface area contributed by atoms with E-state index in [-0.39, 0.29) is 5.82 Å². The minimum atomic E-state index is -0.233. The van der Waals surface area contributed by atoms with Gasteiger partial charge in [0.15, 0.2) is 11.0 Å². The Morgan fingerprint density at radius 2 is 1.92 bits per heavy atom. The normalized spacial score (nSPS) is 10.7. The maximum atomic E-state index is 13.0. The van der Waals surface area contributed by atoms with Gasteiger partial charge in [0.1, 0.15) is 11.6 Å². The third kappa shape index (κ3) is 4.14. The Morgan fingerprint density at radius 3 is 2.65 bits per heavy atom. The molecule has 0 amide bonds. The number of nitrogens with zero attached hydrogens (tertiary/aromatic N) is 3. The van der Waals surface area contributed by atoms with E-state index in [0.717, 1.165) is 27.9 Å². The topological polar surface area (TPSA) is 39.9 Å². The van der Waals surface area contributed by atoms with Gasteiger partial charge in [0.25, 0.3) is 0 Å². The summed E-state index contributed by atoms with van der Waals surface area (Å²) in [6.45, 7) is 6.97. The quantitative estimate of drug-likeness (QED) is 0.416. The first-order valence-corrected chi connectivity index (χ1v) is 9.35. The molecule has 0 radical (unpaired) electrons. The lowest BCUT2D eigenvalue weighted by atomic mass is 10.2. The Hall–Kier alpha value is -2.60.